The van der Waals surface area contributed by atoms with Gasteiger partial charge in [-0.05, 0) is 64.4 Å². The molecule has 1 aromatic rings. The molecule has 2 unspecified atom stereocenters. The SMILES string of the molecule is OC1CCCCC1CN1CCc2cc(Br)c(Cl)cc2C1. The number of aliphatic hydroxyl groups excluding tert-OH is 1. The van der Waals surface area contributed by atoms with Crippen molar-refractivity contribution in [1.82, 2.24) is 4.90 Å². The third kappa shape index (κ3) is 3.22. The predicted molar refractivity (Wildman–Crippen MR) is 86.1 cm³/mol. The Hall–Kier alpha value is -0.0900. The van der Waals surface area contributed by atoms with Gasteiger partial charge in [-0.3, -0.25) is 4.90 Å². The Balaban J connectivity index is 1.67. The number of hydrogen-bond acceptors (Lipinski definition) is 2. The van der Waals surface area contributed by atoms with Crippen molar-refractivity contribution < 1.29 is 5.11 Å². The maximum Gasteiger partial charge on any atom is 0.0580 e. The Kier molecular flexibility index (Phi) is 4.71. The van der Waals surface area contributed by atoms with E-state index in [9.17, 15) is 5.11 Å². The summed E-state index contributed by atoms with van der Waals surface area (Å²) in [7, 11) is 0. The van der Waals surface area contributed by atoms with E-state index in [-0.39, 0.29) is 6.10 Å². The van der Waals surface area contributed by atoms with Crippen LogP contribution in [0.4, 0.5) is 0 Å². The standard InChI is InChI=1S/C16H21BrClNO/c17-14-7-11-5-6-19(10-13(11)8-15(14)18)9-12-3-1-2-4-16(12)20/h7-8,12,16,20H,1-6,9-10H2. The molecule has 0 bridgehead atoms. The van der Waals surface area contributed by atoms with Crippen LogP contribution >= 0.6 is 27.5 Å². The smallest absolute Gasteiger partial charge is 0.0580 e. The summed E-state index contributed by atoms with van der Waals surface area (Å²) in [5.41, 5.74) is 2.75. The molecule has 0 amide bonds. The molecule has 20 heavy (non-hydrogen) atoms. The van der Waals surface area contributed by atoms with Gasteiger partial charge < -0.3 is 5.11 Å². The Morgan fingerprint density at radius 1 is 1.25 bits per heavy atom. The van der Waals surface area contributed by atoms with Crippen LogP contribution in [0.5, 0.6) is 0 Å². The van der Waals surface area contributed by atoms with Crippen LogP contribution in [-0.4, -0.2) is 29.2 Å². The fraction of sp³-hybridized carbons (Fsp3) is 0.625. The zero-order valence-corrected chi connectivity index (χ0v) is 14.0. The average Bonchev–Trinajstić information content (AvgIpc) is 2.43. The summed E-state index contributed by atoms with van der Waals surface area (Å²) in [5, 5.41) is 10.9. The van der Waals surface area contributed by atoms with Crippen molar-refractivity contribution >= 4 is 27.5 Å². The van der Waals surface area contributed by atoms with Crippen molar-refractivity contribution in [2.75, 3.05) is 13.1 Å². The van der Waals surface area contributed by atoms with Gasteiger partial charge in [0.25, 0.3) is 0 Å². The summed E-state index contributed by atoms with van der Waals surface area (Å²) in [6, 6.07) is 4.24. The lowest BCUT2D eigenvalue weighted by Gasteiger charge is -2.35. The lowest BCUT2D eigenvalue weighted by atomic mass is 9.85. The second-order valence-electron chi connectivity index (χ2n) is 6.13. The van der Waals surface area contributed by atoms with E-state index in [1.807, 2.05) is 0 Å². The van der Waals surface area contributed by atoms with E-state index < -0.39 is 0 Å². The van der Waals surface area contributed by atoms with E-state index in [4.69, 9.17) is 11.6 Å². The first kappa shape index (κ1) is 14.8. The molecule has 2 atom stereocenters. The van der Waals surface area contributed by atoms with Crippen molar-refractivity contribution in [1.29, 1.82) is 0 Å². The van der Waals surface area contributed by atoms with E-state index in [0.29, 0.717) is 5.92 Å². The summed E-state index contributed by atoms with van der Waals surface area (Å²) in [4.78, 5) is 2.48. The molecular formula is C16H21BrClNO. The largest absolute Gasteiger partial charge is 0.393 e. The van der Waals surface area contributed by atoms with Gasteiger partial charge in [0, 0.05) is 24.1 Å². The molecule has 1 fully saturated rings. The fourth-order valence-electron chi connectivity index (χ4n) is 3.50. The molecule has 2 aliphatic rings. The summed E-state index contributed by atoms with van der Waals surface area (Å²) in [5.74, 6) is 0.455. The highest BCUT2D eigenvalue weighted by molar-refractivity contribution is 9.10. The summed E-state index contributed by atoms with van der Waals surface area (Å²) in [6.45, 7) is 3.07. The van der Waals surface area contributed by atoms with E-state index in [1.165, 1.54) is 30.4 Å². The highest BCUT2D eigenvalue weighted by Gasteiger charge is 2.27. The van der Waals surface area contributed by atoms with Gasteiger partial charge in [-0.25, -0.2) is 0 Å². The van der Waals surface area contributed by atoms with Gasteiger partial charge in [0.15, 0.2) is 0 Å². The number of rotatable bonds is 2. The van der Waals surface area contributed by atoms with E-state index in [2.05, 4.69) is 33.0 Å². The minimum absolute atomic E-state index is 0.0985. The molecule has 1 aliphatic carbocycles. The molecule has 0 radical (unpaired) electrons. The second kappa shape index (κ2) is 6.35. The van der Waals surface area contributed by atoms with Gasteiger partial charge in [0.05, 0.1) is 11.1 Å². The molecule has 3 rings (SSSR count). The number of benzene rings is 1. The first-order valence-electron chi connectivity index (χ1n) is 7.50. The van der Waals surface area contributed by atoms with Crippen LogP contribution in [0.3, 0.4) is 0 Å². The fourth-order valence-corrected chi connectivity index (χ4v) is 4.07. The van der Waals surface area contributed by atoms with Gasteiger partial charge >= 0.3 is 0 Å². The van der Waals surface area contributed by atoms with E-state index >= 15 is 0 Å². The second-order valence-corrected chi connectivity index (χ2v) is 7.39. The topological polar surface area (TPSA) is 23.5 Å². The zero-order valence-electron chi connectivity index (χ0n) is 11.6. The van der Waals surface area contributed by atoms with Crippen molar-refractivity contribution in [3.63, 3.8) is 0 Å². The lowest BCUT2D eigenvalue weighted by molar-refractivity contribution is 0.0436. The van der Waals surface area contributed by atoms with Crippen molar-refractivity contribution in [2.24, 2.45) is 5.92 Å². The minimum Gasteiger partial charge on any atom is -0.393 e. The number of nitrogens with zero attached hydrogens (tertiary/aromatic N) is 1. The molecule has 1 aromatic carbocycles. The lowest BCUT2D eigenvalue weighted by Crippen LogP contribution is -2.39. The number of halogens is 2. The van der Waals surface area contributed by atoms with Gasteiger partial charge in [-0.2, -0.15) is 0 Å². The van der Waals surface area contributed by atoms with Crippen LogP contribution in [-0.2, 0) is 13.0 Å². The van der Waals surface area contributed by atoms with Gasteiger partial charge in [0.2, 0.25) is 0 Å². The molecule has 0 aromatic heterocycles. The maximum absolute atomic E-state index is 10.1. The Morgan fingerprint density at radius 3 is 2.85 bits per heavy atom. The highest BCUT2D eigenvalue weighted by Crippen LogP contribution is 2.31. The molecule has 2 nitrogen and oxygen atoms in total. The Labute approximate surface area is 134 Å². The number of fused-ring (bicyclic) bond motifs is 1. The Bertz CT molecular complexity index is 494. The normalized spacial score (nSPS) is 27.4. The molecule has 110 valence electrons. The predicted octanol–water partition coefficient (Wildman–Crippen LogP) is 4.01. The van der Waals surface area contributed by atoms with Gasteiger partial charge in [-0.1, -0.05) is 24.4 Å². The van der Waals surface area contributed by atoms with Crippen LogP contribution in [0, 0.1) is 5.92 Å². The molecule has 1 saturated carbocycles. The minimum atomic E-state index is -0.0985. The first-order chi connectivity index (χ1) is 9.63. The van der Waals surface area contributed by atoms with Crippen molar-refractivity contribution in [3.8, 4) is 0 Å². The molecule has 1 aliphatic heterocycles. The average molecular weight is 359 g/mol. The van der Waals surface area contributed by atoms with Gasteiger partial charge in [0.1, 0.15) is 0 Å². The van der Waals surface area contributed by atoms with Crippen LogP contribution in [0.15, 0.2) is 16.6 Å². The monoisotopic (exact) mass is 357 g/mol. The third-order valence-electron chi connectivity index (χ3n) is 4.70. The maximum atomic E-state index is 10.1. The van der Waals surface area contributed by atoms with Gasteiger partial charge in [-0.15, -0.1) is 0 Å². The van der Waals surface area contributed by atoms with Crippen LogP contribution in [0.1, 0.15) is 36.8 Å². The summed E-state index contributed by atoms with van der Waals surface area (Å²) in [6.07, 6.45) is 5.58. The van der Waals surface area contributed by atoms with Crippen molar-refractivity contribution in [3.05, 3.63) is 32.8 Å². The Morgan fingerprint density at radius 2 is 2.05 bits per heavy atom. The molecule has 1 heterocycles. The molecule has 4 heteroatoms. The zero-order chi connectivity index (χ0) is 14.1. The van der Waals surface area contributed by atoms with Crippen LogP contribution < -0.4 is 0 Å². The number of aliphatic hydroxyl groups is 1. The molecular weight excluding hydrogens is 338 g/mol. The van der Waals surface area contributed by atoms with Crippen molar-refractivity contribution in [2.45, 2.75) is 44.8 Å². The summed E-state index contributed by atoms with van der Waals surface area (Å²) < 4.78 is 0.995. The summed E-state index contributed by atoms with van der Waals surface area (Å²) >= 11 is 9.70. The van der Waals surface area contributed by atoms with Crippen LogP contribution in [0.25, 0.3) is 0 Å². The molecule has 0 saturated heterocycles. The van der Waals surface area contributed by atoms with E-state index in [1.54, 1.807) is 0 Å². The third-order valence-corrected chi connectivity index (χ3v) is 5.89. The molecule has 0 spiro atoms. The van der Waals surface area contributed by atoms with Crippen LogP contribution in [0.2, 0.25) is 5.02 Å². The first-order valence-corrected chi connectivity index (χ1v) is 8.68. The number of hydrogen-bond donors (Lipinski definition) is 1. The molecule has 1 N–H and O–H groups in total. The highest BCUT2D eigenvalue weighted by atomic mass is 79.9. The quantitative estimate of drug-likeness (QED) is 0.863. The van der Waals surface area contributed by atoms with E-state index in [0.717, 1.165) is 42.0 Å².